The van der Waals surface area contributed by atoms with Crippen molar-refractivity contribution in [3.8, 4) is 0 Å². The van der Waals surface area contributed by atoms with Gasteiger partial charge in [-0.15, -0.1) is 0 Å². The molecule has 1 fully saturated rings. The van der Waals surface area contributed by atoms with Gasteiger partial charge in [-0.3, -0.25) is 4.79 Å². The van der Waals surface area contributed by atoms with E-state index in [2.05, 4.69) is 12.1 Å². The Morgan fingerprint density at radius 3 is 1.74 bits per heavy atom. The quantitative estimate of drug-likeness (QED) is 0.770. The van der Waals surface area contributed by atoms with Crippen LogP contribution in [0.15, 0.2) is 59.7 Å². The van der Waals surface area contributed by atoms with Gasteiger partial charge in [0.2, 0.25) is 0 Å². The molecule has 0 saturated carbocycles. The minimum Gasteiger partial charge on any atom is -0.372 e. The number of hydrogen-bond acceptors (Lipinski definition) is 2. The molecule has 1 aliphatic heterocycles. The van der Waals surface area contributed by atoms with Crippen LogP contribution in [0.5, 0.6) is 0 Å². The molecule has 0 bridgehead atoms. The molecule has 0 aliphatic carbocycles. The minimum atomic E-state index is 0.0827. The first-order chi connectivity index (χ1) is 11.1. The van der Waals surface area contributed by atoms with Crippen LogP contribution in [0, 0.1) is 13.8 Å². The van der Waals surface area contributed by atoms with Crippen LogP contribution in [-0.4, -0.2) is 19.0 Å². The average molecular weight is 304 g/mol. The molecule has 1 aliphatic rings. The van der Waals surface area contributed by atoms with Crippen LogP contribution in [0.4, 0.5) is 0 Å². The van der Waals surface area contributed by atoms with E-state index in [1.807, 2.05) is 62.4 Å². The maximum absolute atomic E-state index is 12.7. The standard InChI is InChI=1S/C21H20O2/c1-15-5-3-7-17(9-15)11-19-13-23-14-20(21(19)22)12-18-8-4-6-16(2)10-18/h3-12H,13-14H2,1-2H3/b19-11+,20-12+. The number of rotatable bonds is 2. The monoisotopic (exact) mass is 304 g/mol. The van der Waals surface area contributed by atoms with E-state index in [0.717, 1.165) is 11.1 Å². The van der Waals surface area contributed by atoms with Crippen molar-refractivity contribution in [2.24, 2.45) is 0 Å². The summed E-state index contributed by atoms with van der Waals surface area (Å²) in [6.45, 7) is 4.84. The largest absolute Gasteiger partial charge is 0.372 e. The summed E-state index contributed by atoms with van der Waals surface area (Å²) in [6.07, 6.45) is 3.86. The van der Waals surface area contributed by atoms with Crippen LogP contribution in [0.25, 0.3) is 12.2 Å². The number of aryl methyl sites for hydroxylation is 2. The molecule has 1 heterocycles. The number of hydrogen-bond donors (Lipinski definition) is 0. The van der Waals surface area contributed by atoms with Crippen LogP contribution < -0.4 is 0 Å². The molecule has 2 aromatic carbocycles. The molecule has 0 amide bonds. The van der Waals surface area contributed by atoms with Crippen molar-refractivity contribution >= 4 is 17.9 Å². The van der Waals surface area contributed by atoms with Crippen LogP contribution in [-0.2, 0) is 9.53 Å². The highest BCUT2D eigenvalue weighted by atomic mass is 16.5. The fourth-order valence-electron chi connectivity index (χ4n) is 2.74. The lowest BCUT2D eigenvalue weighted by molar-refractivity contribution is -0.114. The van der Waals surface area contributed by atoms with E-state index in [0.29, 0.717) is 24.4 Å². The smallest absolute Gasteiger partial charge is 0.189 e. The van der Waals surface area contributed by atoms with Gasteiger partial charge in [0, 0.05) is 11.1 Å². The SMILES string of the molecule is Cc1cccc(/C=C2\COC/C(=C\c3cccc(C)c3)C2=O)c1. The highest BCUT2D eigenvalue weighted by Gasteiger charge is 2.21. The zero-order chi connectivity index (χ0) is 16.2. The summed E-state index contributed by atoms with van der Waals surface area (Å²) in [5.41, 5.74) is 5.85. The molecule has 0 radical (unpaired) electrons. The molecule has 2 nitrogen and oxygen atoms in total. The van der Waals surface area contributed by atoms with Gasteiger partial charge >= 0.3 is 0 Å². The highest BCUT2D eigenvalue weighted by Crippen LogP contribution is 2.20. The topological polar surface area (TPSA) is 26.3 Å². The van der Waals surface area contributed by atoms with Crippen LogP contribution in [0.2, 0.25) is 0 Å². The van der Waals surface area contributed by atoms with Gasteiger partial charge in [-0.05, 0) is 37.1 Å². The van der Waals surface area contributed by atoms with Gasteiger partial charge in [-0.2, -0.15) is 0 Å². The molecule has 0 unspecified atom stereocenters. The van der Waals surface area contributed by atoms with Crippen molar-refractivity contribution in [1.82, 2.24) is 0 Å². The van der Waals surface area contributed by atoms with Crippen molar-refractivity contribution in [1.29, 1.82) is 0 Å². The van der Waals surface area contributed by atoms with Crippen LogP contribution in [0.3, 0.4) is 0 Å². The number of carbonyl (C=O) groups excluding carboxylic acids is 1. The minimum absolute atomic E-state index is 0.0827. The summed E-state index contributed by atoms with van der Waals surface area (Å²) in [6, 6.07) is 16.2. The van der Waals surface area contributed by atoms with E-state index in [-0.39, 0.29) is 5.78 Å². The third kappa shape index (κ3) is 3.85. The Bertz CT molecular complexity index is 731. The molecular weight excluding hydrogens is 284 g/mol. The van der Waals surface area contributed by atoms with Crippen molar-refractivity contribution < 1.29 is 9.53 Å². The maximum atomic E-state index is 12.7. The van der Waals surface area contributed by atoms with Gasteiger partial charge in [-0.25, -0.2) is 0 Å². The summed E-state index contributed by atoms with van der Waals surface area (Å²) in [7, 11) is 0. The van der Waals surface area contributed by atoms with Gasteiger partial charge in [0.15, 0.2) is 5.78 Å². The molecule has 2 aromatic rings. The van der Waals surface area contributed by atoms with Gasteiger partial charge in [0.25, 0.3) is 0 Å². The summed E-state index contributed by atoms with van der Waals surface area (Å²) >= 11 is 0. The van der Waals surface area contributed by atoms with Crippen LogP contribution in [0.1, 0.15) is 22.3 Å². The zero-order valence-corrected chi connectivity index (χ0v) is 13.5. The van der Waals surface area contributed by atoms with Gasteiger partial charge in [0.1, 0.15) is 0 Å². The van der Waals surface area contributed by atoms with Crippen molar-refractivity contribution in [3.05, 3.63) is 81.9 Å². The van der Waals surface area contributed by atoms with Crippen molar-refractivity contribution in [3.63, 3.8) is 0 Å². The Hall–Kier alpha value is -2.45. The predicted octanol–water partition coefficient (Wildman–Crippen LogP) is 4.37. The van der Waals surface area contributed by atoms with Gasteiger partial charge in [-0.1, -0.05) is 59.7 Å². The van der Waals surface area contributed by atoms with Crippen molar-refractivity contribution in [2.45, 2.75) is 13.8 Å². The molecule has 23 heavy (non-hydrogen) atoms. The van der Waals surface area contributed by atoms with E-state index in [4.69, 9.17) is 4.74 Å². The van der Waals surface area contributed by atoms with Gasteiger partial charge < -0.3 is 4.74 Å². The van der Waals surface area contributed by atoms with E-state index >= 15 is 0 Å². The van der Waals surface area contributed by atoms with E-state index in [1.54, 1.807) is 0 Å². The fraction of sp³-hybridized carbons (Fsp3) is 0.190. The maximum Gasteiger partial charge on any atom is 0.189 e. The molecular formula is C21H20O2. The first kappa shape index (κ1) is 15.4. The summed E-state index contributed by atoms with van der Waals surface area (Å²) in [5.74, 6) is 0.0827. The second kappa shape index (κ2) is 6.76. The summed E-state index contributed by atoms with van der Waals surface area (Å²) < 4.78 is 5.61. The molecule has 116 valence electrons. The van der Waals surface area contributed by atoms with E-state index < -0.39 is 0 Å². The number of Topliss-reactive ketones (excluding diaryl/α,β-unsaturated/α-hetero) is 1. The van der Waals surface area contributed by atoms with Gasteiger partial charge in [0.05, 0.1) is 13.2 Å². The average Bonchev–Trinajstić information content (AvgIpc) is 2.51. The second-order valence-electron chi connectivity index (χ2n) is 5.99. The lowest BCUT2D eigenvalue weighted by atomic mass is 9.97. The van der Waals surface area contributed by atoms with Crippen molar-refractivity contribution in [2.75, 3.05) is 13.2 Å². The van der Waals surface area contributed by atoms with Crippen LogP contribution >= 0.6 is 0 Å². The molecule has 0 aromatic heterocycles. The zero-order valence-electron chi connectivity index (χ0n) is 13.5. The predicted molar refractivity (Wildman–Crippen MR) is 94.1 cm³/mol. The normalized spacial score (nSPS) is 18.6. The van der Waals surface area contributed by atoms with E-state index in [1.165, 1.54) is 11.1 Å². The number of ether oxygens (including phenoxy) is 1. The first-order valence-electron chi connectivity index (χ1n) is 7.79. The fourth-order valence-corrected chi connectivity index (χ4v) is 2.74. The summed E-state index contributed by atoms with van der Waals surface area (Å²) in [4.78, 5) is 12.7. The Morgan fingerprint density at radius 2 is 1.30 bits per heavy atom. The summed E-state index contributed by atoms with van der Waals surface area (Å²) in [5, 5.41) is 0. The Labute approximate surface area is 137 Å². The Balaban J connectivity index is 1.89. The molecule has 0 N–H and O–H groups in total. The highest BCUT2D eigenvalue weighted by molar-refractivity contribution is 6.14. The molecule has 0 spiro atoms. The molecule has 1 saturated heterocycles. The lowest BCUT2D eigenvalue weighted by Gasteiger charge is -2.17. The number of benzene rings is 2. The molecule has 2 heteroatoms. The Morgan fingerprint density at radius 1 is 0.826 bits per heavy atom. The number of carbonyl (C=O) groups is 1. The third-order valence-corrected chi connectivity index (χ3v) is 3.86. The second-order valence-corrected chi connectivity index (χ2v) is 5.99. The Kier molecular flexibility index (Phi) is 4.54. The first-order valence-corrected chi connectivity index (χ1v) is 7.79. The van der Waals surface area contributed by atoms with E-state index in [9.17, 15) is 4.79 Å². The molecule has 0 atom stereocenters. The lowest BCUT2D eigenvalue weighted by Crippen LogP contribution is -2.21. The third-order valence-electron chi connectivity index (χ3n) is 3.86. The molecule has 3 rings (SSSR count). The number of ketones is 1.